The number of allylic oxidation sites excluding steroid dienone is 4. The number of nitrogens with two attached hydrogens (primary N) is 1. The molecule has 0 bridgehead atoms. The fourth-order valence-corrected chi connectivity index (χ4v) is 3.66. The van der Waals surface area contributed by atoms with Gasteiger partial charge in [-0.3, -0.25) is 9.59 Å². The molecule has 0 saturated carbocycles. The highest BCUT2D eigenvalue weighted by atomic mass is 31.1. The van der Waals surface area contributed by atoms with Gasteiger partial charge in [-0.2, -0.15) is 0 Å². The van der Waals surface area contributed by atoms with Gasteiger partial charge in [-0.15, -0.1) is 0 Å². The molecule has 0 aromatic carbocycles. The van der Waals surface area contributed by atoms with Gasteiger partial charge in [0, 0.05) is 27.3 Å². The van der Waals surface area contributed by atoms with Crippen molar-refractivity contribution >= 4 is 20.0 Å². The van der Waals surface area contributed by atoms with Crippen molar-refractivity contribution in [2.75, 3.05) is 18.9 Å². The average molecular weight is 413 g/mol. The lowest BCUT2D eigenvalue weighted by Crippen LogP contribution is -2.26. The van der Waals surface area contributed by atoms with Gasteiger partial charge in [-0.25, -0.2) is 0 Å². The minimum absolute atomic E-state index is 0.0101. The largest absolute Gasteiger partial charge is 0.373 e. The Morgan fingerprint density at radius 2 is 1.54 bits per heavy atom. The maximum atomic E-state index is 11.7. The molecule has 1 unspecified atom stereocenters. The summed E-state index contributed by atoms with van der Waals surface area (Å²) in [5, 5.41) is 2.79. The maximum Gasteiger partial charge on any atom is 0.223 e. The van der Waals surface area contributed by atoms with Crippen molar-refractivity contribution in [1.82, 2.24) is 5.32 Å². The fourth-order valence-electron chi connectivity index (χ4n) is 2.77. The van der Waals surface area contributed by atoms with Crippen LogP contribution in [0.15, 0.2) is 24.3 Å². The second-order valence-corrected chi connectivity index (χ2v) is 8.96. The number of carbonyl (C=O) groups is 2. The van der Waals surface area contributed by atoms with Crippen LogP contribution in [0.5, 0.6) is 0 Å². The summed E-state index contributed by atoms with van der Waals surface area (Å²) in [7, 11) is -1.38. The Bertz CT molecular complexity index is 453. The molecule has 0 radical (unpaired) electrons. The molecule has 0 heterocycles. The van der Waals surface area contributed by atoms with Crippen molar-refractivity contribution in [2.45, 2.75) is 84.0 Å². The zero-order chi connectivity index (χ0) is 20.9. The van der Waals surface area contributed by atoms with E-state index in [1.54, 1.807) is 0 Å². The van der Waals surface area contributed by atoms with E-state index in [4.69, 9.17) is 5.73 Å². The minimum atomic E-state index is -1.38. The third-order valence-corrected chi connectivity index (χ3v) is 5.80. The van der Waals surface area contributed by atoms with Gasteiger partial charge in [0.05, 0.1) is 6.16 Å². The van der Waals surface area contributed by atoms with Gasteiger partial charge in [0.2, 0.25) is 11.8 Å². The molecule has 0 aliphatic rings. The van der Waals surface area contributed by atoms with Crippen LogP contribution in [0.2, 0.25) is 0 Å². The molecule has 1 atom stereocenters. The van der Waals surface area contributed by atoms with Crippen molar-refractivity contribution in [3.8, 4) is 0 Å². The molecular weight excluding hydrogens is 371 g/mol. The quantitative estimate of drug-likeness (QED) is 0.162. The Labute approximate surface area is 173 Å². The summed E-state index contributed by atoms with van der Waals surface area (Å²) in [5.41, 5.74) is 5.02. The van der Waals surface area contributed by atoms with E-state index in [1.165, 1.54) is 44.9 Å². The lowest BCUT2D eigenvalue weighted by molar-refractivity contribution is -0.121. The molecular formula is C22H41N2O3P. The van der Waals surface area contributed by atoms with Crippen molar-refractivity contribution < 1.29 is 14.5 Å². The lowest BCUT2D eigenvalue weighted by Gasteiger charge is -2.09. The fraction of sp³-hybridized carbons (Fsp3) is 0.727. The van der Waals surface area contributed by atoms with Gasteiger partial charge in [0.15, 0.2) is 0 Å². The van der Waals surface area contributed by atoms with Crippen molar-refractivity contribution in [2.24, 2.45) is 5.73 Å². The molecule has 4 N–H and O–H groups in total. The highest BCUT2D eigenvalue weighted by Crippen LogP contribution is 2.27. The van der Waals surface area contributed by atoms with E-state index in [9.17, 15) is 14.5 Å². The molecule has 162 valence electrons. The average Bonchev–Trinajstić information content (AvgIpc) is 2.64. The smallest absolute Gasteiger partial charge is 0.223 e. The Morgan fingerprint density at radius 3 is 2.18 bits per heavy atom. The molecule has 0 aromatic rings. The zero-order valence-corrected chi connectivity index (χ0v) is 18.6. The van der Waals surface area contributed by atoms with Crippen LogP contribution in [0.1, 0.15) is 84.0 Å². The first-order chi connectivity index (χ1) is 13.6. The second kappa shape index (κ2) is 20.5. The number of unbranched alkanes of at least 4 members (excludes halogenated alkanes) is 8. The molecule has 0 spiro atoms. The van der Waals surface area contributed by atoms with Crippen molar-refractivity contribution in [3.05, 3.63) is 24.3 Å². The first kappa shape index (κ1) is 26.8. The Hall–Kier alpha value is -1.19. The summed E-state index contributed by atoms with van der Waals surface area (Å²) in [6.45, 7) is 2.64. The normalized spacial score (nSPS) is 12.6. The first-order valence-electron chi connectivity index (χ1n) is 10.8. The van der Waals surface area contributed by atoms with Gasteiger partial charge in [-0.1, -0.05) is 63.3 Å². The van der Waals surface area contributed by atoms with Crippen LogP contribution in [0.3, 0.4) is 0 Å². The van der Waals surface area contributed by atoms with Crippen LogP contribution in [0.4, 0.5) is 0 Å². The predicted molar refractivity (Wildman–Crippen MR) is 120 cm³/mol. The van der Waals surface area contributed by atoms with Gasteiger partial charge < -0.3 is 15.9 Å². The molecule has 28 heavy (non-hydrogen) atoms. The summed E-state index contributed by atoms with van der Waals surface area (Å²) >= 11 is 0. The van der Waals surface area contributed by atoms with Crippen LogP contribution in [0.25, 0.3) is 0 Å². The first-order valence-corrected chi connectivity index (χ1v) is 12.5. The Balaban J connectivity index is 3.37. The van der Waals surface area contributed by atoms with E-state index in [0.717, 1.165) is 25.7 Å². The monoisotopic (exact) mass is 412 g/mol. The molecule has 0 rings (SSSR count). The van der Waals surface area contributed by atoms with Crippen LogP contribution in [-0.4, -0.2) is 35.6 Å². The van der Waals surface area contributed by atoms with E-state index in [2.05, 4.69) is 36.5 Å². The summed E-state index contributed by atoms with van der Waals surface area (Å²) in [6, 6.07) is 0. The van der Waals surface area contributed by atoms with Crippen LogP contribution >= 0.6 is 8.15 Å². The van der Waals surface area contributed by atoms with Crippen LogP contribution < -0.4 is 11.1 Å². The van der Waals surface area contributed by atoms with Gasteiger partial charge >= 0.3 is 0 Å². The number of carbonyl (C=O) groups excluding carboxylic acids is 2. The summed E-state index contributed by atoms with van der Waals surface area (Å²) < 4.78 is 0. The number of rotatable bonds is 19. The van der Waals surface area contributed by atoms with Gasteiger partial charge in [0.1, 0.15) is 0 Å². The molecule has 0 aliphatic carbocycles. The summed E-state index contributed by atoms with van der Waals surface area (Å²) in [4.78, 5) is 31.9. The van der Waals surface area contributed by atoms with E-state index < -0.39 is 14.1 Å². The topological polar surface area (TPSA) is 92.4 Å². The highest BCUT2D eigenvalue weighted by molar-refractivity contribution is 7.52. The SMILES string of the molecule is CCCCCC=CCC=CCCCCCCCC(=O)NCCP(O)CC(N)=O. The third kappa shape index (κ3) is 21.1. The van der Waals surface area contributed by atoms with Crippen LogP contribution in [0, 0.1) is 0 Å². The molecule has 0 aliphatic heterocycles. The Morgan fingerprint density at radius 1 is 0.929 bits per heavy atom. The number of hydrogen-bond donors (Lipinski definition) is 3. The molecule has 2 amide bonds. The van der Waals surface area contributed by atoms with E-state index in [-0.39, 0.29) is 12.1 Å². The maximum absolute atomic E-state index is 11.7. The summed E-state index contributed by atoms with van der Waals surface area (Å²) in [5.74, 6) is -0.474. The minimum Gasteiger partial charge on any atom is -0.373 e. The van der Waals surface area contributed by atoms with Gasteiger partial charge in [0.25, 0.3) is 0 Å². The molecule has 6 heteroatoms. The van der Waals surface area contributed by atoms with E-state index in [0.29, 0.717) is 19.1 Å². The standard InChI is InChI=1S/C22H41N2O3P/c1-2-3-4-5-6-7-8-9-10-11-12-13-14-15-16-17-22(26)24-18-19-28(27)20-21(23)25/h6-7,9-10,27H,2-5,8,11-20H2,1H3,(H2,23,25)(H,24,26). The lowest BCUT2D eigenvalue weighted by atomic mass is 10.1. The third-order valence-electron chi connectivity index (χ3n) is 4.38. The Kier molecular flexibility index (Phi) is 19.7. The van der Waals surface area contributed by atoms with E-state index >= 15 is 0 Å². The molecule has 0 fully saturated rings. The highest BCUT2D eigenvalue weighted by Gasteiger charge is 2.08. The number of nitrogens with one attached hydrogen (secondary N) is 1. The zero-order valence-electron chi connectivity index (χ0n) is 17.7. The van der Waals surface area contributed by atoms with Crippen molar-refractivity contribution in [1.29, 1.82) is 0 Å². The number of amides is 2. The second-order valence-electron chi connectivity index (χ2n) is 7.19. The van der Waals surface area contributed by atoms with Crippen LogP contribution in [-0.2, 0) is 9.59 Å². The number of hydrogen-bond acceptors (Lipinski definition) is 3. The molecule has 5 nitrogen and oxygen atoms in total. The van der Waals surface area contributed by atoms with Crippen molar-refractivity contribution in [3.63, 3.8) is 0 Å². The predicted octanol–water partition coefficient (Wildman–Crippen LogP) is 4.79. The summed E-state index contributed by atoms with van der Waals surface area (Å²) in [6.07, 6.45) is 22.9. The van der Waals surface area contributed by atoms with Gasteiger partial charge in [-0.05, 0) is 38.5 Å². The molecule has 0 saturated heterocycles. The number of primary amides is 1. The van der Waals surface area contributed by atoms with E-state index in [1.807, 2.05) is 0 Å². The molecule has 0 aromatic heterocycles.